The van der Waals surface area contributed by atoms with E-state index in [0.717, 1.165) is 66.2 Å². The minimum absolute atomic E-state index is 0.118. The van der Waals surface area contributed by atoms with Gasteiger partial charge in [-0.05, 0) is 114 Å². The summed E-state index contributed by atoms with van der Waals surface area (Å²) in [5.74, 6) is 0. The predicted molar refractivity (Wildman–Crippen MR) is 224 cm³/mol. The largest absolute Gasteiger partial charge is 0.443 e. The van der Waals surface area contributed by atoms with Crippen LogP contribution in [0, 0.1) is 0 Å². The van der Waals surface area contributed by atoms with Gasteiger partial charge in [0.15, 0.2) is 0 Å². The Balaban J connectivity index is 0.000000164. The summed E-state index contributed by atoms with van der Waals surface area (Å²) in [6, 6.07) is 17.3. The van der Waals surface area contributed by atoms with Gasteiger partial charge in [-0.2, -0.15) is 0 Å². The lowest BCUT2D eigenvalue weighted by molar-refractivity contribution is -0.105. The first-order valence-electron chi connectivity index (χ1n) is 19.0. The van der Waals surface area contributed by atoms with Gasteiger partial charge in [-0.15, -0.1) is 0 Å². The quantitative estimate of drug-likeness (QED) is 0.124. The van der Waals surface area contributed by atoms with E-state index in [1.165, 1.54) is 11.3 Å². The average molecular weight is 782 g/mol. The minimum atomic E-state index is -0.515. The van der Waals surface area contributed by atoms with Gasteiger partial charge in [-0.3, -0.25) is 19.5 Å². The van der Waals surface area contributed by atoms with Crippen LogP contribution in [0.2, 0.25) is 0 Å². The molecule has 0 aliphatic carbocycles. The molecule has 0 radical (unpaired) electrons. The Hall–Kier alpha value is -6.25. The number of carbonyl (C=O) groups is 4. The number of nitrogens with one attached hydrogen (secondary N) is 3. The van der Waals surface area contributed by atoms with E-state index in [-0.39, 0.29) is 18.2 Å². The van der Waals surface area contributed by atoms with E-state index in [1.807, 2.05) is 84.1 Å². The Morgan fingerprint density at radius 3 is 1.95 bits per heavy atom. The van der Waals surface area contributed by atoms with Gasteiger partial charge in [-0.1, -0.05) is 18.2 Å². The first-order valence-corrected chi connectivity index (χ1v) is 19.0. The molecular weight excluding hydrogens is 727 g/mol. The monoisotopic (exact) mass is 781 g/mol. The van der Waals surface area contributed by atoms with Crippen molar-refractivity contribution in [3.8, 4) is 0 Å². The maximum atomic E-state index is 12.1. The molecule has 4 heterocycles. The van der Waals surface area contributed by atoms with Gasteiger partial charge >= 0.3 is 18.2 Å². The second kappa shape index (κ2) is 17.7. The summed E-state index contributed by atoms with van der Waals surface area (Å²) in [5, 5.41) is 5.22. The predicted octanol–water partition coefficient (Wildman–Crippen LogP) is 6.87. The van der Waals surface area contributed by atoms with Crippen LogP contribution in [0.5, 0.6) is 0 Å². The molecule has 0 bridgehead atoms. The van der Waals surface area contributed by atoms with Gasteiger partial charge < -0.3 is 35.7 Å². The van der Waals surface area contributed by atoms with E-state index in [0.29, 0.717) is 30.9 Å². The van der Waals surface area contributed by atoms with Crippen molar-refractivity contribution >= 4 is 58.8 Å². The lowest BCUT2D eigenvalue weighted by Crippen LogP contribution is -2.35. The molecule has 0 unspecified atom stereocenters. The minimum Gasteiger partial charge on any atom is -0.443 e. The van der Waals surface area contributed by atoms with Crippen LogP contribution in [-0.2, 0) is 40.1 Å². The van der Waals surface area contributed by atoms with Crippen molar-refractivity contribution < 1.29 is 28.7 Å². The van der Waals surface area contributed by atoms with Crippen molar-refractivity contribution in [2.24, 2.45) is 0 Å². The third kappa shape index (κ3) is 11.0. The highest BCUT2D eigenvalue weighted by Crippen LogP contribution is 2.34. The highest BCUT2D eigenvalue weighted by molar-refractivity contribution is 5.93. The Morgan fingerprint density at radius 2 is 1.39 bits per heavy atom. The number of amides is 5. The summed E-state index contributed by atoms with van der Waals surface area (Å²) in [6.07, 6.45) is 6.20. The number of hydrogen-bond acceptors (Lipinski definition) is 9. The van der Waals surface area contributed by atoms with Gasteiger partial charge in [0.05, 0.1) is 29.9 Å². The molecule has 1 aromatic heterocycles. The molecule has 0 spiro atoms. The van der Waals surface area contributed by atoms with Gasteiger partial charge in [0.1, 0.15) is 11.2 Å². The van der Waals surface area contributed by atoms with E-state index in [9.17, 15) is 19.2 Å². The van der Waals surface area contributed by atoms with Crippen LogP contribution in [0.15, 0.2) is 67.1 Å². The molecular formula is C42H55N9O6. The average Bonchev–Trinajstić information content (AvgIpc) is 3.97. The molecule has 4 aromatic rings. The van der Waals surface area contributed by atoms with E-state index in [2.05, 4.69) is 37.6 Å². The number of ether oxygens (including phenoxy) is 2. The fourth-order valence-electron chi connectivity index (χ4n) is 6.62. The molecule has 15 heteroatoms. The maximum absolute atomic E-state index is 12.1. The fourth-order valence-corrected chi connectivity index (χ4v) is 6.62. The van der Waals surface area contributed by atoms with Gasteiger partial charge in [0, 0.05) is 62.7 Å². The van der Waals surface area contributed by atoms with Crippen molar-refractivity contribution in [3.63, 3.8) is 0 Å². The number of hydrogen-bond donors (Lipinski definition) is 4. The number of rotatable bonds is 5. The van der Waals surface area contributed by atoms with Crippen LogP contribution < -0.4 is 36.0 Å². The molecule has 57 heavy (non-hydrogen) atoms. The number of nitrogens with two attached hydrogens (primary N) is 1. The van der Waals surface area contributed by atoms with Crippen molar-refractivity contribution in [3.05, 3.63) is 89.5 Å². The van der Waals surface area contributed by atoms with E-state index in [4.69, 9.17) is 15.2 Å². The molecule has 5 N–H and O–H groups in total. The first-order chi connectivity index (χ1) is 27.0. The summed E-state index contributed by atoms with van der Waals surface area (Å²) in [4.78, 5) is 60.7. The van der Waals surface area contributed by atoms with Crippen LogP contribution in [-0.4, -0.2) is 79.5 Å². The second-order valence-electron chi connectivity index (χ2n) is 15.9. The third-order valence-corrected chi connectivity index (χ3v) is 9.32. The van der Waals surface area contributed by atoms with Crippen molar-refractivity contribution in [1.82, 2.24) is 15.3 Å². The summed E-state index contributed by atoms with van der Waals surface area (Å²) in [7, 11) is 3.41. The van der Waals surface area contributed by atoms with E-state index >= 15 is 0 Å². The lowest BCUT2D eigenvalue weighted by atomic mass is 10.1. The number of aromatic amines is 1. The smallest absolute Gasteiger partial charge is 0.414 e. The van der Waals surface area contributed by atoms with Gasteiger partial charge in [0.25, 0.3) is 0 Å². The summed E-state index contributed by atoms with van der Waals surface area (Å²) in [6.45, 7) is 14.2. The SMILES string of the molecule is CC(C)(C)OC(=O)N1CCc2ccc(N)cc21.CC(C)(C)OC(=O)N1CCc2ccc(NC=O)cc21.CNC(=O)N(C)c1ccc2c(c1)N(Cc1cnc[nH]1)CC2. The molecule has 3 aromatic carbocycles. The Labute approximate surface area is 334 Å². The number of anilines is 6. The van der Waals surface area contributed by atoms with Crippen LogP contribution >= 0.6 is 0 Å². The summed E-state index contributed by atoms with van der Waals surface area (Å²) >= 11 is 0. The number of H-pyrrole nitrogens is 1. The van der Waals surface area contributed by atoms with Crippen LogP contribution in [0.25, 0.3) is 0 Å². The Kier molecular flexibility index (Phi) is 13.0. The molecule has 0 fully saturated rings. The van der Waals surface area contributed by atoms with E-state index < -0.39 is 11.2 Å². The molecule has 15 nitrogen and oxygen atoms in total. The van der Waals surface area contributed by atoms with Crippen molar-refractivity contribution in [2.75, 3.05) is 64.4 Å². The molecule has 7 rings (SSSR count). The van der Waals surface area contributed by atoms with E-state index in [1.54, 1.807) is 41.2 Å². The zero-order chi connectivity index (χ0) is 41.5. The number of aromatic nitrogens is 2. The normalized spacial score (nSPS) is 13.9. The van der Waals surface area contributed by atoms with Crippen LogP contribution in [0.3, 0.4) is 0 Å². The molecule has 0 saturated heterocycles. The second-order valence-corrected chi connectivity index (χ2v) is 15.9. The molecule has 3 aliphatic rings. The van der Waals surface area contributed by atoms with Gasteiger partial charge in [-0.25, -0.2) is 19.4 Å². The number of fused-ring (bicyclic) bond motifs is 3. The third-order valence-electron chi connectivity index (χ3n) is 9.32. The molecule has 0 saturated carbocycles. The zero-order valence-electron chi connectivity index (χ0n) is 34.1. The highest BCUT2D eigenvalue weighted by Gasteiger charge is 2.30. The molecule has 5 amide bonds. The number of benzene rings is 3. The topological polar surface area (TPSA) is 178 Å². The summed E-state index contributed by atoms with van der Waals surface area (Å²) < 4.78 is 10.7. The lowest BCUT2D eigenvalue weighted by Gasteiger charge is -2.25. The van der Waals surface area contributed by atoms with Gasteiger partial charge in [0.2, 0.25) is 6.41 Å². The van der Waals surface area contributed by atoms with Crippen LogP contribution in [0.4, 0.5) is 48.5 Å². The fraction of sp³-hybridized carbons (Fsp3) is 0.405. The highest BCUT2D eigenvalue weighted by atomic mass is 16.6. The number of carbonyl (C=O) groups excluding carboxylic acids is 4. The molecule has 304 valence electrons. The number of nitrogen functional groups attached to an aromatic ring is 1. The van der Waals surface area contributed by atoms with Crippen LogP contribution in [0.1, 0.15) is 63.9 Å². The number of nitrogens with zero attached hydrogens (tertiary/aromatic N) is 5. The Bertz CT molecular complexity index is 2060. The Morgan fingerprint density at radius 1 is 0.825 bits per heavy atom. The van der Waals surface area contributed by atoms with Crippen molar-refractivity contribution in [1.29, 1.82) is 0 Å². The maximum Gasteiger partial charge on any atom is 0.414 e. The number of urea groups is 1. The molecule has 0 atom stereocenters. The zero-order valence-corrected chi connectivity index (χ0v) is 34.1. The number of imidazole rings is 1. The summed E-state index contributed by atoms with van der Waals surface area (Å²) in [5.41, 5.74) is 14.5. The molecule has 3 aliphatic heterocycles. The van der Waals surface area contributed by atoms with Crippen molar-refractivity contribution in [2.45, 2.75) is 78.6 Å². The first kappa shape index (κ1) is 41.9. The standard InChI is InChI=1S/C15H19N5O.C14H18N2O3.C13H18N2O2/c1-16-15(21)19(2)13-4-3-11-5-6-20(14(11)7-13)9-12-8-17-10-18-12;1-14(2,3)19-13(18)16-7-6-10-4-5-11(15-9-17)8-12(10)16;1-13(2,3)17-12(16)15-7-6-9-4-5-10(14)8-11(9)15/h3-4,7-8,10H,5-6,9H2,1-2H3,(H,16,21)(H,17,18);4-5,8-9H,6-7H2,1-3H3,(H,15,17);4-5,8H,6-7,14H2,1-3H3.